The summed E-state index contributed by atoms with van der Waals surface area (Å²) in [5.74, 6) is -1.38. The van der Waals surface area contributed by atoms with E-state index in [1.54, 1.807) is 6.07 Å². The maximum absolute atomic E-state index is 15.5. The molecular formula is C27H32BrClFN3O4. The van der Waals surface area contributed by atoms with Crippen molar-refractivity contribution in [2.75, 3.05) is 13.2 Å². The third kappa shape index (κ3) is 6.81. The van der Waals surface area contributed by atoms with Gasteiger partial charge in [-0.25, -0.2) is 9.18 Å². The topological polar surface area (TPSA) is 115 Å². The lowest BCUT2D eigenvalue weighted by molar-refractivity contribution is 0.0689. The minimum Gasteiger partial charge on any atom is -0.430 e. The minimum atomic E-state index is -1.44. The van der Waals surface area contributed by atoms with Crippen molar-refractivity contribution in [3.63, 3.8) is 0 Å². The van der Waals surface area contributed by atoms with Gasteiger partial charge in [0.05, 0.1) is 24.7 Å². The predicted octanol–water partition coefficient (Wildman–Crippen LogP) is 4.99. The van der Waals surface area contributed by atoms with Gasteiger partial charge in [0.1, 0.15) is 11.2 Å². The number of aliphatic hydroxyl groups excluding tert-OH is 2. The Morgan fingerprint density at radius 3 is 2.68 bits per heavy atom. The Hall–Kier alpha value is -2.22. The van der Waals surface area contributed by atoms with Crippen molar-refractivity contribution >= 4 is 33.6 Å². The van der Waals surface area contributed by atoms with Crippen molar-refractivity contribution in [1.82, 2.24) is 10.6 Å². The van der Waals surface area contributed by atoms with Crippen LogP contribution < -0.4 is 10.6 Å². The van der Waals surface area contributed by atoms with E-state index in [-0.39, 0.29) is 29.0 Å². The van der Waals surface area contributed by atoms with Gasteiger partial charge in [-0.05, 0) is 48.1 Å². The van der Waals surface area contributed by atoms with Gasteiger partial charge < -0.3 is 20.3 Å². The Kier molecular flexibility index (Phi) is 9.59. The molecule has 1 aliphatic rings. The van der Waals surface area contributed by atoms with Gasteiger partial charge in [0, 0.05) is 27.6 Å². The molecule has 0 aliphatic carbocycles. The summed E-state index contributed by atoms with van der Waals surface area (Å²) in [4.78, 5) is 12.8. The third-order valence-electron chi connectivity index (χ3n) is 6.49. The molecule has 10 heteroatoms. The van der Waals surface area contributed by atoms with Gasteiger partial charge in [0.25, 0.3) is 0 Å². The van der Waals surface area contributed by atoms with E-state index in [0.717, 1.165) is 4.47 Å². The lowest BCUT2D eigenvalue weighted by Gasteiger charge is -2.37. The fraction of sp³-hybridized carbons (Fsp3) is 0.481. The van der Waals surface area contributed by atoms with E-state index in [9.17, 15) is 15.2 Å². The number of carbonyl (C=O) groups excluding carboxylic acids is 1. The average molecular weight is 597 g/mol. The summed E-state index contributed by atoms with van der Waals surface area (Å²) in [5.41, 5.74) is -0.838. The number of amides is 1. The highest BCUT2D eigenvalue weighted by Crippen LogP contribution is 2.52. The molecule has 0 aromatic heterocycles. The maximum Gasteiger partial charge on any atom is 0.408 e. The van der Waals surface area contributed by atoms with Crippen molar-refractivity contribution in [3.05, 3.63) is 68.9 Å². The predicted molar refractivity (Wildman–Crippen MR) is 143 cm³/mol. The van der Waals surface area contributed by atoms with E-state index >= 15 is 4.39 Å². The summed E-state index contributed by atoms with van der Waals surface area (Å²) in [6.45, 7) is 5.73. The first-order valence-electron chi connectivity index (χ1n) is 12.0. The van der Waals surface area contributed by atoms with E-state index < -0.39 is 48.2 Å². The highest BCUT2D eigenvalue weighted by atomic mass is 79.9. The summed E-state index contributed by atoms with van der Waals surface area (Å²) in [5, 5.41) is 35.5. The lowest BCUT2D eigenvalue weighted by atomic mass is 9.64. The molecule has 4 N–H and O–H groups in total. The molecule has 1 amide bonds. The number of benzene rings is 2. The first-order valence-corrected chi connectivity index (χ1v) is 13.2. The van der Waals surface area contributed by atoms with Crippen LogP contribution in [-0.2, 0) is 10.2 Å². The SMILES string of the molecule is CC(C)(C)C[C@@H]1N[C@H](OC(=O)NCC[C@H](O)CO)[C@H](c2cccc(Br)c2)[C@@]1(C#N)c1ccc(Cl)cc1F. The summed E-state index contributed by atoms with van der Waals surface area (Å²) >= 11 is 9.53. The zero-order valence-electron chi connectivity index (χ0n) is 21.0. The second kappa shape index (κ2) is 12.1. The van der Waals surface area contributed by atoms with Crippen LogP contribution in [0, 0.1) is 22.6 Å². The molecule has 5 atom stereocenters. The second-order valence-electron chi connectivity index (χ2n) is 10.5. The van der Waals surface area contributed by atoms with Crippen LogP contribution in [0.2, 0.25) is 5.02 Å². The van der Waals surface area contributed by atoms with Crippen molar-refractivity contribution in [2.45, 2.75) is 63.3 Å². The molecule has 1 heterocycles. The van der Waals surface area contributed by atoms with Gasteiger partial charge >= 0.3 is 6.09 Å². The Labute approximate surface area is 230 Å². The minimum absolute atomic E-state index is 0.0788. The number of alkyl carbamates (subject to hydrolysis) is 1. The lowest BCUT2D eigenvalue weighted by Crippen LogP contribution is -2.44. The zero-order chi connectivity index (χ0) is 27.4. The number of aliphatic hydroxyl groups is 2. The summed E-state index contributed by atoms with van der Waals surface area (Å²) in [7, 11) is 0. The van der Waals surface area contributed by atoms with Crippen LogP contribution in [0.25, 0.3) is 0 Å². The number of hydrogen-bond donors (Lipinski definition) is 4. The molecule has 1 fully saturated rings. The number of nitrogens with one attached hydrogen (secondary N) is 2. The molecule has 1 aliphatic heterocycles. The molecule has 7 nitrogen and oxygen atoms in total. The molecule has 2 aromatic rings. The van der Waals surface area contributed by atoms with Gasteiger partial charge in [-0.2, -0.15) is 5.26 Å². The fourth-order valence-electron chi connectivity index (χ4n) is 4.93. The van der Waals surface area contributed by atoms with Crippen LogP contribution in [0.3, 0.4) is 0 Å². The zero-order valence-corrected chi connectivity index (χ0v) is 23.3. The molecule has 200 valence electrons. The van der Waals surface area contributed by atoms with Gasteiger partial charge in [-0.3, -0.25) is 5.32 Å². The molecule has 37 heavy (non-hydrogen) atoms. The standard InChI is InChI=1S/C27H32BrClFN3O4/c1-26(2,3)13-22-27(15-31,20-8-7-18(29)12-21(20)30)23(16-5-4-6-17(28)11-16)24(33-22)37-25(36)32-10-9-19(35)14-34/h4-8,11-12,19,22-24,33-35H,9-10,13-14H2,1-3H3,(H,32,36)/t19-,22-,23-,24+,27-/m0/s1. The Morgan fingerprint density at radius 2 is 2.08 bits per heavy atom. The van der Waals surface area contributed by atoms with Crippen LogP contribution in [0.5, 0.6) is 0 Å². The van der Waals surface area contributed by atoms with E-state index in [4.69, 9.17) is 21.4 Å². The third-order valence-corrected chi connectivity index (χ3v) is 7.21. The smallest absolute Gasteiger partial charge is 0.408 e. The first-order chi connectivity index (χ1) is 17.4. The molecule has 0 radical (unpaired) electrons. The quantitative estimate of drug-likeness (QED) is 0.341. The highest BCUT2D eigenvalue weighted by molar-refractivity contribution is 9.10. The molecule has 0 spiro atoms. The van der Waals surface area contributed by atoms with Crippen molar-refractivity contribution in [3.8, 4) is 6.07 Å². The van der Waals surface area contributed by atoms with Crippen LogP contribution in [0.15, 0.2) is 46.9 Å². The van der Waals surface area contributed by atoms with Crippen molar-refractivity contribution in [2.24, 2.45) is 5.41 Å². The largest absolute Gasteiger partial charge is 0.430 e. The first kappa shape index (κ1) is 29.3. The van der Waals surface area contributed by atoms with E-state index in [1.165, 1.54) is 12.1 Å². The number of nitriles is 1. The number of hydrogen-bond acceptors (Lipinski definition) is 6. The van der Waals surface area contributed by atoms with Gasteiger partial charge in [0.2, 0.25) is 0 Å². The van der Waals surface area contributed by atoms with E-state index in [2.05, 4.69) is 32.6 Å². The number of ether oxygens (including phenoxy) is 1. The van der Waals surface area contributed by atoms with Crippen LogP contribution in [0.4, 0.5) is 9.18 Å². The van der Waals surface area contributed by atoms with Gasteiger partial charge in [-0.15, -0.1) is 0 Å². The molecule has 0 bridgehead atoms. The molecule has 1 saturated heterocycles. The second-order valence-corrected chi connectivity index (χ2v) is 11.9. The molecule has 0 saturated carbocycles. The highest BCUT2D eigenvalue weighted by Gasteiger charge is 2.60. The normalized spacial score (nSPS) is 24.4. The maximum atomic E-state index is 15.5. The number of halogens is 3. The van der Waals surface area contributed by atoms with Crippen molar-refractivity contribution in [1.29, 1.82) is 5.26 Å². The number of rotatable bonds is 8. The van der Waals surface area contributed by atoms with Gasteiger partial charge in [-0.1, -0.05) is 66.5 Å². The molecule has 2 aromatic carbocycles. The van der Waals surface area contributed by atoms with Crippen LogP contribution >= 0.6 is 27.5 Å². The van der Waals surface area contributed by atoms with Crippen molar-refractivity contribution < 1.29 is 24.1 Å². The summed E-state index contributed by atoms with van der Waals surface area (Å²) < 4.78 is 22.1. The molecular weight excluding hydrogens is 565 g/mol. The van der Waals surface area contributed by atoms with Crippen LogP contribution in [-0.4, -0.2) is 47.8 Å². The number of nitrogens with zero attached hydrogens (tertiary/aromatic N) is 1. The average Bonchev–Trinajstić information content (AvgIpc) is 3.10. The Bertz CT molecular complexity index is 1160. The van der Waals surface area contributed by atoms with Gasteiger partial charge in [0.15, 0.2) is 6.23 Å². The monoisotopic (exact) mass is 595 g/mol. The Morgan fingerprint density at radius 1 is 1.35 bits per heavy atom. The van der Waals surface area contributed by atoms with Crippen LogP contribution in [0.1, 0.15) is 50.7 Å². The summed E-state index contributed by atoms with van der Waals surface area (Å²) in [6.07, 6.45) is -2.07. The van der Waals surface area contributed by atoms with E-state index in [1.807, 2.05) is 45.0 Å². The molecule has 0 unspecified atom stereocenters. The number of carbonyl (C=O) groups is 1. The Balaban J connectivity index is 2.11. The summed E-state index contributed by atoms with van der Waals surface area (Å²) in [6, 6.07) is 13.4. The fourth-order valence-corrected chi connectivity index (χ4v) is 5.51. The van der Waals surface area contributed by atoms with E-state index in [0.29, 0.717) is 12.0 Å². The molecule has 3 rings (SSSR count).